The van der Waals surface area contributed by atoms with Crippen LogP contribution in [0.3, 0.4) is 0 Å². The number of guanidine groups is 1. The van der Waals surface area contributed by atoms with Crippen LogP contribution < -0.4 is 15.4 Å². The molecule has 0 aliphatic rings. The Morgan fingerprint density at radius 3 is 2.59 bits per heavy atom. The first-order chi connectivity index (χ1) is 12.7. The molecule has 148 valence electrons. The molecule has 1 heterocycles. The highest BCUT2D eigenvalue weighted by molar-refractivity contribution is 7.89. The molecule has 3 N–H and O–H groups in total. The number of hydrogen-bond acceptors (Lipinski definition) is 4. The van der Waals surface area contributed by atoms with Crippen molar-refractivity contribution >= 4 is 27.6 Å². The first-order valence-electron chi connectivity index (χ1n) is 8.43. The summed E-state index contributed by atoms with van der Waals surface area (Å²) < 4.78 is 28.8. The summed E-state index contributed by atoms with van der Waals surface area (Å²) in [7, 11) is -0.0281. The molecule has 0 saturated heterocycles. The molecule has 0 aliphatic heterocycles. The van der Waals surface area contributed by atoms with E-state index in [4.69, 9.17) is 11.6 Å². The second-order valence-corrected chi connectivity index (χ2v) is 8.18. The summed E-state index contributed by atoms with van der Waals surface area (Å²) in [6, 6.07) is 6.14. The molecule has 0 radical (unpaired) electrons. The van der Waals surface area contributed by atoms with Crippen LogP contribution in [0.2, 0.25) is 5.02 Å². The first kappa shape index (κ1) is 21.2. The van der Waals surface area contributed by atoms with Crippen molar-refractivity contribution in [2.24, 2.45) is 12.0 Å². The van der Waals surface area contributed by atoms with Crippen molar-refractivity contribution in [3.8, 4) is 0 Å². The SMILES string of the molecule is CN=C(NCCNS(=O)(=O)c1cccc(Cl)c1)NCc1c(C)nn(C)c1C. The van der Waals surface area contributed by atoms with Gasteiger partial charge in [0.25, 0.3) is 0 Å². The van der Waals surface area contributed by atoms with Crippen LogP contribution in [-0.4, -0.2) is 44.3 Å². The van der Waals surface area contributed by atoms with Crippen molar-refractivity contribution in [2.75, 3.05) is 20.1 Å². The van der Waals surface area contributed by atoms with Gasteiger partial charge in [-0.2, -0.15) is 5.10 Å². The number of halogens is 1. The largest absolute Gasteiger partial charge is 0.355 e. The van der Waals surface area contributed by atoms with Crippen LogP contribution in [-0.2, 0) is 23.6 Å². The molecule has 10 heteroatoms. The molecule has 0 fully saturated rings. The molecule has 0 saturated carbocycles. The zero-order valence-corrected chi connectivity index (χ0v) is 17.4. The molecular formula is C17H25ClN6O2S. The van der Waals surface area contributed by atoms with Gasteiger partial charge in [0.15, 0.2) is 5.96 Å². The molecule has 27 heavy (non-hydrogen) atoms. The Balaban J connectivity index is 1.83. The van der Waals surface area contributed by atoms with E-state index in [-0.39, 0.29) is 11.4 Å². The number of nitrogens with one attached hydrogen (secondary N) is 3. The first-order valence-corrected chi connectivity index (χ1v) is 10.3. The third-order valence-corrected chi connectivity index (χ3v) is 5.82. The number of sulfonamides is 1. The highest BCUT2D eigenvalue weighted by Gasteiger charge is 2.14. The number of hydrogen-bond donors (Lipinski definition) is 3. The summed E-state index contributed by atoms with van der Waals surface area (Å²) in [5.74, 6) is 0.583. The van der Waals surface area contributed by atoms with E-state index in [0.717, 1.165) is 17.0 Å². The van der Waals surface area contributed by atoms with Crippen molar-refractivity contribution in [2.45, 2.75) is 25.3 Å². The van der Waals surface area contributed by atoms with Gasteiger partial charge in [0.05, 0.1) is 10.6 Å². The zero-order chi connectivity index (χ0) is 20.0. The molecule has 0 atom stereocenters. The number of aromatic nitrogens is 2. The molecular weight excluding hydrogens is 388 g/mol. The monoisotopic (exact) mass is 412 g/mol. The average molecular weight is 413 g/mol. The van der Waals surface area contributed by atoms with Crippen molar-refractivity contribution in [3.63, 3.8) is 0 Å². The Bertz CT molecular complexity index is 924. The summed E-state index contributed by atoms with van der Waals surface area (Å²) in [5.41, 5.74) is 3.17. The fourth-order valence-electron chi connectivity index (χ4n) is 2.55. The van der Waals surface area contributed by atoms with Crippen LogP contribution in [0.25, 0.3) is 0 Å². The fraction of sp³-hybridized carbons (Fsp3) is 0.412. The van der Waals surface area contributed by atoms with E-state index < -0.39 is 10.0 Å². The molecule has 0 spiro atoms. The lowest BCUT2D eigenvalue weighted by molar-refractivity contribution is 0.580. The molecule has 2 aromatic rings. The van der Waals surface area contributed by atoms with Gasteiger partial charge < -0.3 is 10.6 Å². The van der Waals surface area contributed by atoms with Gasteiger partial charge in [-0.15, -0.1) is 0 Å². The lowest BCUT2D eigenvalue weighted by Crippen LogP contribution is -2.41. The standard InChI is InChI=1S/C17H25ClN6O2S/c1-12-16(13(2)24(4)23-12)11-21-17(19-3)20-8-9-22-27(25,26)15-7-5-6-14(18)10-15/h5-7,10,22H,8-9,11H2,1-4H3,(H2,19,20,21). The van der Waals surface area contributed by atoms with Crippen LogP contribution >= 0.6 is 11.6 Å². The molecule has 0 unspecified atom stereocenters. The number of aliphatic imine (C=N–C) groups is 1. The topological polar surface area (TPSA) is 100 Å². The predicted octanol–water partition coefficient (Wildman–Crippen LogP) is 1.33. The van der Waals surface area contributed by atoms with Crippen LogP contribution in [0.15, 0.2) is 34.2 Å². The van der Waals surface area contributed by atoms with Gasteiger partial charge in [-0.05, 0) is 32.0 Å². The number of nitrogens with zero attached hydrogens (tertiary/aromatic N) is 3. The van der Waals surface area contributed by atoms with Crippen molar-refractivity contribution < 1.29 is 8.42 Å². The minimum absolute atomic E-state index is 0.139. The summed E-state index contributed by atoms with van der Waals surface area (Å²) in [5, 5.41) is 11.0. The zero-order valence-electron chi connectivity index (χ0n) is 15.9. The van der Waals surface area contributed by atoms with Gasteiger partial charge in [0.2, 0.25) is 10.0 Å². The van der Waals surface area contributed by atoms with E-state index in [0.29, 0.717) is 24.1 Å². The van der Waals surface area contributed by atoms with Gasteiger partial charge in [-0.3, -0.25) is 9.67 Å². The van der Waals surface area contributed by atoms with E-state index in [9.17, 15) is 8.42 Å². The highest BCUT2D eigenvalue weighted by atomic mass is 35.5. The number of rotatable bonds is 7. The van der Waals surface area contributed by atoms with Gasteiger partial charge >= 0.3 is 0 Å². The maximum absolute atomic E-state index is 12.2. The lowest BCUT2D eigenvalue weighted by atomic mass is 10.2. The van der Waals surface area contributed by atoms with E-state index >= 15 is 0 Å². The summed E-state index contributed by atoms with van der Waals surface area (Å²) in [6.07, 6.45) is 0. The van der Waals surface area contributed by atoms with Gasteiger partial charge in [0, 0.05) is 50.0 Å². The predicted molar refractivity (Wildman–Crippen MR) is 108 cm³/mol. The highest BCUT2D eigenvalue weighted by Crippen LogP contribution is 2.15. The smallest absolute Gasteiger partial charge is 0.240 e. The quantitative estimate of drug-likeness (QED) is 0.362. The van der Waals surface area contributed by atoms with Crippen LogP contribution in [0, 0.1) is 13.8 Å². The fourth-order valence-corrected chi connectivity index (χ4v) is 3.88. The Morgan fingerprint density at radius 1 is 1.26 bits per heavy atom. The van der Waals surface area contributed by atoms with Crippen molar-refractivity contribution in [3.05, 3.63) is 46.2 Å². The van der Waals surface area contributed by atoms with Gasteiger partial charge in [-0.1, -0.05) is 17.7 Å². The van der Waals surface area contributed by atoms with Crippen molar-refractivity contribution in [1.29, 1.82) is 0 Å². The summed E-state index contributed by atoms with van der Waals surface area (Å²) >= 11 is 5.85. The molecule has 2 rings (SSSR count). The number of aryl methyl sites for hydroxylation is 2. The van der Waals surface area contributed by atoms with E-state index in [1.165, 1.54) is 12.1 Å². The Labute approximate surface area is 165 Å². The van der Waals surface area contributed by atoms with Gasteiger partial charge in [0.1, 0.15) is 0 Å². The minimum Gasteiger partial charge on any atom is -0.355 e. The summed E-state index contributed by atoms with van der Waals surface area (Å²) in [4.78, 5) is 4.28. The Hall–Kier alpha value is -2.10. The van der Waals surface area contributed by atoms with E-state index in [1.807, 2.05) is 25.6 Å². The van der Waals surface area contributed by atoms with E-state index in [1.54, 1.807) is 19.2 Å². The van der Waals surface area contributed by atoms with Crippen LogP contribution in [0.1, 0.15) is 17.0 Å². The Morgan fingerprint density at radius 2 is 2.00 bits per heavy atom. The molecule has 8 nitrogen and oxygen atoms in total. The number of benzene rings is 1. The molecule has 0 bridgehead atoms. The third-order valence-electron chi connectivity index (χ3n) is 4.13. The van der Waals surface area contributed by atoms with Crippen molar-refractivity contribution in [1.82, 2.24) is 25.1 Å². The third kappa shape index (κ3) is 5.69. The lowest BCUT2D eigenvalue weighted by Gasteiger charge is -2.13. The van der Waals surface area contributed by atoms with Crippen LogP contribution in [0.5, 0.6) is 0 Å². The van der Waals surface area contributed by atoms with Crippen LogP contribution in [0.4, 0.5) is 0 Å². The minimum atomic E-state index is -3.60. The molecule has 0 aliphatic carbocycles. The maximum atomic E-state index is 12.2. The molecule has 1 aromatic carbocycles. The second kappa shape index (κ2) is 9.20. The Kier molecular flexibility index (Phi) is 7.23. The second-order valence-electron chi connectivity index (χ2n) is 5.98. The molecule has 0 amide bonds. The average Bonchev–Trinajstić information content (AvgIpc) is 2.86. The van der Waals surface area contributed by atoms with E-state index in [2.05, 4.69) is 25.4 Å². The normalized spacial score (nSPS) is 12.3. The summed E-state index contributed by atoms with van der Waals surface area (Å²) in [6.45, 7) is 5.15. The van der Waals surface area contributed by atoms with Gasteiger partial charge in [-0.25, -0.2) is 13.1 Å². The molecule has 1 aromatic heterocycles. The maximum Gasteiger partial charge on any atom is 0.240 e.